The van der Waals surface area contributed by atoms with Crippen molar-refractivity contribution in [2.24, 2.45) is 0 Å². The fourth-order valence-electron chi connectivity index (χ4n) is 2.32. The molecular formula is C18H24Cl2FN3O. The summed E-state index contributed by atoms with van der Waals surface area (Å²) in [7, 11) is 3.81. The number of rotatable bonds is 7. The first kappa shape index (κ1) is 23.2. The van der Waals surface area contributed by atoms with Gasteiger partial charge in [0.05, 0.1) is 12.6 Å². The highest BCUT2D eigenvalue weighted by molar-refractivity contribution is 5.85. The lowest BCUT2D eigenvalue weighted by atomic mass is 10.1. The second kappa shape index (κ2) is 11.7. The molecule has 7 heteroatoms. The van der Waals surface area contributed by atoms with E-state index in [9.17, 15) is 9.18 Å². The van der Waals surface area contributed by atoms with E-state index >= 15 is 0 Å². The van der Waals surface area contributed by atoms with Crippen LogP contribution in [-0.2, 0) is 4.79 Å². The Balaban J connectivity index is 0.00000288. The first-order chi connectivity index (χ1) is 11.1. The van der Waals surface area contributed by atoms with E-state index in [4.69, 9.17) is 0 Å². The van der Waals surface area contributed by atoms with E-state index in [2.05, 4.69) is 10.6 Å². The van der Waals surface area contributed by atoms with Crippen molar-refractivity contribution in [2.75, 3.05) is 32.5 Å². The Kier molecular flexibility index (Phi) is 10.8. The van der Waals surface area contributed by atoms with Gasteiger partial charge in [0, 0.05) is 12.2 Å². The molecule has 2 aromatic rings. The first-order valence-corrected chi connectivity index (χ1v) is 7.54. The van der Waals surface area contributed by atoms with E-state index in [1.165, 1.54) is 12.1 Å². The van der Waals surface area contributed by atoms with Crippen LogP contribution in [0.4, 0.5) is 10.1 Å². The lowest BCUT2D eigenvalue weighted by molar-refractivity contribution is -0.119. The Labute approximate surface area is 160 Å². The van der Waals surface area contributed by atoms with Crippen LogP contribution in [0.1, 0.15) is 11.6 Å². The number of nitrogens with zero attached hydrogens (tertiary/aromatic N) is 1. The number of amides is 1. The molecule has 0 heterocycles. The maximum atomic E-state index is 13.4. The Morgan fingerprint density at radius 2 is 1.76 bits per heavy atom. The fourth-order valence-corrected chi connectivity index (χ4v) is 2.32. The third kappa shape index (κ3) is 7.73. The zero-order valence-corrected chi connectivity index (χ0v) is 15.9. The molecule has 2 aromatic carbocycles. The third-order valence-corrected chi connectivity index (χ3v) is 3.58. The quantitative estimate of drug-likeness (QED) is 0.763. The van der Waals surface area contributed by atoms with Gasteiger partial charge in [0.1, 0.15) is 5.82 Å². The molecule has 0 bridgehead atoms. The van der Waals surface area contributed by atoms with Crippen LogP contribution in [0.3, 0.4) is 0 Å². The van der Waals surface area contributed by atoms with Crippen LogP contribution in [-0.4, -0.2) is 38.0 Å². The number of halogens is 3. The highest BCUT2D eigenvalue weighted by Crippen LogP contribution is 2.18. The van der Waals surface area contributed by atoms with Crippen molar-refractivity contribution in [1.29, 1.82) is 0 Å². The van der Waals surface area contributed by atoms with Crippen LogP contribution in [0.5, 0.6) is 0 Å². The maximum Gasteiger partial charge on any atom is 0.239 e. The molecule has 1 unspecified atom stereocenters. The summed E-state index contributed by atoms with van der Waals surface area (Å²) >= 11 is 0. The normalized spacial score (nSPS) is 11.0. The average Bonchev–Trinajstić information content (AvgIpc) is 2.54. The zero-order chi connectivity index (χ0) is 16.7. The van der Waals surface area contributed by atoms with Gasteiger partial charge in [0.25, 0.3) is 0 Å². The van der Waals surface area contributed by atoms with Crippen LogP contribution >= 0.6 is 24.8 Å². The lowest BCUT2D eigenvalue weighted by Gasteiger charge is -2.25. The minimum atomic E-state index is -0.272. The third-order valence-electron chi connectivity index (χ3n) is 3.58. The van der Waals surface area contributed by atoms with Gasteiger partial charge in [-0.1, -0.05) is 30.3 Å². The molecule has 1 amide bonds. The predicted octanol–water partition coefficient (Wildman–Crippen LogP) is 3.50. The van der Waals surface area contributed by atoms with Gasteiger partial charge in [-0.15, -0.1) is 24.8 Å². The zero-order valence-electron chi connectivity index (χ0n) is 14.2. The van der Waals surface area contributed by atoms with Gasteiger partial charge in [0.2, 0.25) is 5.91 Å². The highest BCUT2D eigenvalue weighted by Gasteiger charge is 2.15. The standard InChI is InChI=1S/C18H22FN3O.2ClH/c1-22(2)17(14-7-6-8-15(19)11-14)12-21-18(23)13-20-16-9-4-3-5-10-16;;/h3-11,17,20H,12-13H2,1-2H3,(H,21,23);2*1H. The summed E-state index contributed by atoms with van der Waals surface area (Å²) in [5, 5.41) is 5.95. The summed E-state index contributed by atoms with van der Waals surface area (Å²) in [6.07, 6.45) is 0. The van der Waals surface area contributed by atoms with Crippen molar-refractivity contribution in [3.8, 4) is 0 Å². The second-order valence-corrected chi connectivity index (χ2v) is 5.56. The van der Waals surface area contributed by atoms with E-state index in [1.807, 2.05) is 55.4 Å². The Morgan fingerprint density at radius 1 is 1.08 bits per heavy atom. The number of para-hydroxylation sites is 1. The number of benzene rings is 2. The molecular weight excluding hydrogens is 364 g/mol. The van der Waals surface area contributed by atoms with E-state index in [1.54, 1.807) is 6.07 Å². The summed E-state index contributed by atoms with van der Waals surface area (Å²) in [5.41, 5.74) is 1.74. The molecule has 25 heavy (non-hydrogen) atoms. The van der Waals surface area contributed by atoms with Crippen LogP contribution in [0.2, 0.25) is 0 Å². The van der Waals surface area contributed by atoms with Gasteiger partial charge < -0.3 is 15.5 Å². The molecule has 138 valence electrons. The smallest absolute Gasteiger partial charge is 0.239 e. The summed E-state index contributed by atoms with van der Waals surface area (Å²) in [6, 6.07) is 15.9. The summed E-state index contributed by atoms with van der Waals surface area (Å²) < 4.78 is 13.4. The Hall–Kier alpha value is -1.82. The highest BCUT2D eigenvalue weighted by atomic mass is 35.5. The van der Waals surface area contributed by atoms with E-state index in [0.29, 0.717) is 6.54 Å². The van der Waals surface area contributed by atoms with Gasteiger partial charge in [-0.25, -0.2) is 4.39 Å². The molecule has 0 saturated heterocycles. The fraction of sp³-hybridized carbons (Fsp3) is 0.278. The number of carbonyl (C=O) groups excluding carboxylic acids is 1. The molecule has 0 saturated carbocycles. The number of hydrogen-bond acceptors (Lipinski definition) is 3. The summed E-state index contributed by atoms with van der Waals surface area (Å²) in [6.45, 7) is 0.624. The van der Waals surface area contributed by atoms with Crippen molar-refractivity contribution in [3.63, 3.8) is 0 Å². The maximum absolute atomic E-state index is 13.4. The SMILES string of the molecule is CN(C)C(CNC(=O)CNc1ccccc1)c1cccc(F)c1.Cl.Cl. The van der Waals surface area contributed by atoms with Crippen molar-refractivity contribution in [2.45, 2.75) is 6.04 Å². The van der Waals surface area contributed by atoms with E-state index < -0.39 is 0 Å². The molecule has 2 rings (SSSR count). The molecule has 0 aliphatic carbocycles. The molecule has 0 spiro atoms. The minimum absolute atomic E-state index is 0. The van der Waals surface area contributed by atoms with Crippen molar-refractivity contribution in [3.05, 3.63) is 66.0 Å². The number of nitrogens with one attached hydrogen (secondary N) is 2. The number of likely N-dealkylation sites (N-methyl/N-ethyl adjacent to an activating group) is 1. The predicted molar refractivity (Wildman–Crippen MR) is 105 cm³/mol. The summed E-state index contributed by atoms with van der Waals surface area (Å²) in [5.74, 6) is -0.372. The van der Waals surface area contributed by atoms with Crippen molar-refractivity contribution < 1.29 is 9.18 Å². The van der Waals surface area contributed by atoms with Crippen LogP contribution in [0.25, 0.3) is 0 Å². The van der Waals surface area contributed by atoms with Gasteiger partial charge in [-0.3, -0.25) is 4.79 Å². The molecule has 0 aliphatic heterocycles. The molecule has 0 aliphatic rings. The van der Waals surface area contributed by atoms with Crippen LogP contribution < -0.4 is 10.6 Å². The van der Waals surface area contributed by atoms with Gasteiger partial charge in [-0.2, -0.15) is 0 Å². The number of anilines is 1. The largest absolute Gasteiger partial charge is 0.376 e. The van der Waals surface area contributed by atoms with Gasteiger partial charge >= 0.3 is 0 Å². The van der Waals surface area contributed by atoms with Crippen molar-refractivity contribution >= 4 is 36.4 Å². The van der Waals surface area contributed by atoms with Crippen LogP contribution in [0.15, 0.2) is 54.6 Å². The lowest BCUT2D eigenvalue weighted by Crippen LogP contribution is -2.37. The Bertz CT molecular complexity index is 641. The molecule has 0 aromatic heterocycles. The first-order valence-electron chi connectivity index (χ1n) is 7.54. The van der Waals surface area contributed by atoms with Gasteiger partial charge in [-0.05, 0) is 43.9 Å². The molecule has 2 N–H and O–H groups in total. The molecule has 4 nitrogen and oxygen atoms in total. The van der Waals surface area contributed by atoms with Crippen LogP contribution in [0, 0.1) is 5.82 Å². The summed E-state index contributed by atoms with van der Waals surface area (Å²) in [4.78, 5) is 13.9. The van der Waals surface area contributed by atoms with Gasteiger partial charge in [0.15, 0.2) is 0 Å². The average molecular weight is 388 g/mol. The number of carbonyl (C=O) groups is 1. The Morgan fingerprint density at radius 3 is 2.36 bits per heavy atom. The van der Waals surface area contributed by atoms with Crippen molar-refractivity contribution in [1.82, 2.24) is 10.2 Å². The van der Waals surface area contributed by atoms with E-state index in [-0.39, 0.29) is 49.1 Å². The molecule has 1 atom stereocenters. The molecule has 0 fully saturated rings. The second-order valence-electron chi connectivity index (χ2n) is 5.56. The topological polar surface area (TPSA) is 44.4 Å². The molecule has 0 radical (unpaired) electrons. The monoisotopic (exact) mass is 387 g/mol. The van der Waals surface area contributed by atoms with E-state index in [0.717, 1.165) is 11.3 Å². The number of hydrogen-bond donors (Lipinski definition) is 2. The minimum Gasteiger partial charge on any atom is -0.376 e.